The van der Waals surface area contributed by atoms with Crippen molar-refractivity contribution in [3.63, 3.8) is 0 Å². The van der Waals surface area contributed by atoms with Crippen molar-refractivity contribution in [3.05, 3.63) is 60.2 Å². The lowest BCUT2D eigenvalue weighted by molar-refractivity contribution is 0.0325. The highest BCUT2D eigenvalue weighted by molar-refractivity contribution is 5.39. The maximum atomic E-state index is 6.41. The van der Waals surface area contributed by atoms with Crippen LogP contribution < -0.4 is 9.47 Å². The summed E-state index contributed by atoms with van der Waals surface area (Å²) >= 11 is 0. The van der Waals surface area contributed by atoms with Crippen molar-refractivity contribution in [3.8, 4) is 11.5 Å². The average Bonchev–Trinajstić information content (AvgIpc) is 3.06. The second-order valence-electron chi connectivity index (χ2n) is 6.95. The van der Waals surface area contributed by atoms with Crippen molar-refractivity contribution >= 4 is 0 Å². The van der Waals surface area contributed by atoms with Gasteiger partial charge in [0.15, 0.2) is 11.5 Å². The van der Waals surface area contributed by atoms with E-state index in [4.69, 9.17) is 9.47 Å². The van der Waals surface area contributed by atoms with Crippen LogP contribution in [0.15, 0.2) is 54.6 Å². The number of benzene rings is 2. The van der Waals surface area contributed by atoms with Crippen molar-refractivity contribution in [1.29, 1.82) is 0 Å². The minimum atomic E-state index is 0.253. The highest BCUT2D eigenvalue weighted by Crippen LogP contribution is 2.40. The summed E-state index contributed by atoms with van der Waals surface area (Å²) in [6, 6.07) is 19.5. The van der Waals surface area contributed by atoms with Crippen LogP contribution in [0.4, 0.5) is 0 Å². The molecule has 2 aromatic rings. The molecule has 126 valence electrons. The second kappa shape index (κ2) is 6.86. The third kappa shape index (κ3) is 3.13. The van der Waals surface area contributed by atoms with Crippen LogP contribution in [0.3, 0.4) is 0 Å². The van der Waals surface area contributed by atoms with Crippen LogP contribution >= 0.6 is 0 Å². The van der Waals surface area contributed by atoms with Crippen LogP contribution in [0.5, 0.6) is 11.5 Å². The van der Waals surface area contributed by atoms with E-state index in [2.05, 4.69) is 35.2 Å². The third-order valence-electron chi connectivity index (χ3n) is 5.48. The van der Waals surface area contributed by atoms with Gasteiger partial charge in [-0.15, -0.1) is 0 Å². The van der Waals surface area contributed by atoms with E-state index >= 15 is 0 Å². The molecule has 1 saturated carbocycles. The molecule has 3 nitrogen and oxygen atoms in total. The van der Waals surface area contributed by atoms with Crippen LogP contribution in [0.1, 0.15) is 24.8 Å². The van der Waals surface area contributed by atoms with Crippen LogP contribution in [0.25, 0.3) is 0 Å². The molecule has 24 heavy (non-hydrogen) atoms. The summed E-state index contributed by atoms with van der Waals surface area (Å²) in [7, 11) is 1.70. The molecule has 0 spiro atoms. The molecular formula is C21H25NO2. The Morgan fingerprint density at radius 2 is 1.71 bits per heavy atom. The summed E-state index contributed by atoms with van der Waals surface area (Å²) in [5.74, 6) is 2.37. The number of nitrogens with zero attached hydrogens (tertiary/aromatic N) is 1. The summed E-state index contributed by atoms with van der Waals surface area (Å²) in [4.78, 5) is 2.61. The van der Waals surface area contributed by atoms with Crippen molar-refractivity contribution < 1.29 is 9.47 Å². The van der Waals surface area contributed by atoms with E-state index < -0.39 is 0 Å². The molecule has 1 saturated heterocycles. The normalized spacial score (nSPS) is 26.3. The summed E-state index contributed by atoms with van der Waals surface area (Å²) in [6.07, 6.45) is 4.08. The monoisotopic (exact) mass is 323 g/mol. The fourth-order valence-corrected chi connectivity index (χ4v) is 4.21. The van der Waals surface area contributed by atoms with Gasteiger partial charge in [0.25, 0.3) is 0 Å². The SMILES string of the molecule is COc1ccccc1O[C@H]1CN(Cc2ccccc2)[C@@H]2CC[C@H]1C2. The molecule has 2 bridgehead atoms. The smallest absolute Gasteiger partial charge is 0.161 e. The molecule has 0 unspecified atom stereocenters. The molecular weight excluding hydrogens is 298 g/mol. The predicted molar refractivity (Wildman–Crippen MR) is 95.4 cm³/mol. The Morgan fingerprint density at radius 1 is 0.958 bits per heavy atom. The first-order valence-corrected chi connectivity index (χ1v) is 8.91. The van der Waals surface area contributed by atoms with Crippen LogP contribution in [0, 0.1) is 5.92 Å². The van der Waals surface area contributed by atoms with Gasteiger partial charge in [0, 0.05) is 19.1 Å². The second-order valence-corrected chi connectivity index (χ2v) is 6.95. The summed E-state index contributed by atoms with van der Waals surface area (Å²) in [6.45, 7) is 2.02. The van der Waals surface area contributed by atoms with Crippen molar-refractivity contribution in [2.75, 3.05) is 13.7 Å². The predicted octanol–water partition coefficient (Wildman–Crippen LogP) is 4.13. The van der Waals surface area contributed by atoms with E-state index in [9.17, 15) is 0 Å². The number of hydrogen-bond acceptors (Lipinski definition) is 3. The Bertz CT molecular complexity index is 673. The van der Waals surface area contributed by atoms with Gasteiger partial charge in [0.2, 0.25) is 0 Å². The molecule has 4 rings (SSSR count). The summed E-state index contributed by atoms with van der Waals surface area (Å²) in [5, 5.41) is 0. The molecule has 1 aliphatic carbocycles. The number of hydrogen-bond donors (Lipinski definition) is 0. The fraction of sp³-hybridized carbons (Fsp3) is 0.429. The Morgan fingerprint density at radius 3 is 2.50 bits per heavy atom. The maximum Gasteiger partial charge on any atom is 0.161 e. The van der Waals surface area contributed by atoms with Gasteiger partial charge in [0.1, 0.15) is 6.10 Å². The Hall–Kier alpha value is -2.00. The molecule has 2 fully saturated rings. The molecule has 2 aliphatic rings. The number of para-hydroxylation sites is 2. The van der Waals surface area contributed by atoms with Gasteiger partial charge >= 0.3 is 0 Å². The van der Waals surface area contributed by atoms with E-state index in [-0.39, 0.29) is 6.10 Å². The van der Waals surface area contributed by atoms with Crippen LogP contribution in [-0.4, -0.2) is 30.7 Å². The van der Waals surface area contributed by atoms with Crippen molar-refractivity contribution in [2.24, 2.45) is 5.92 Å². The summed E-state index contributed by atoms with van der Waals surface area (Å²) < 4.78 is 11.9. The largest absolute Gasteiger partial charge is 0.493 e. The van der Waals surface area contributed by atoms with Gasteiger partial charge in [0.05, 0.1) is 7.11 Å². The third-order valence-corrected chi connectivity index (χ3v) is 5.48. The van der Waals surface area contributed by atoms with Gasteiger partial charge in [-0.3, -0.25) is 4.90 Å². The lowest BCUT2D eigenvalue weighted by Gasteiger charge is -2.38. The van der Waals surface area contributed by atoms with E-state index in [1.165, 1.54) is 24.8 Å². The maximum absolute atomic E-state index is 6.41. The van der Waals surface area contributed by atoms with Gasteiger partial charge in [-0.25, -0.2) is 0 Å². The quantitative estimate of drug-likeness (QED) is 0.826. The minimum Gasteiger partial charge on any atom is -0.493 e. The Labute approximate surface area is 144 Å². The highest BCUT2D eigenvalue weighted by atomic mass is 16.5. The first-order valence-electron chi connectivity index (χ1n) is 8.91. The average molecular weight is 323 g/mol. The summed E-state index contributed by atoms with van der Waals surface area (Å²) in [5.41, 5.74) is 1.39. The van der Waals surface area contributed by atoms with Gasteiger partial charge < -0.3 is 9.47 Å². The zero-order chi connectivity index (χ0) is 16.4. The number of likely N-dealkylation sites (tertiary alicyclic amines) is 1. The first-order chi connectivity index (χ1) is 11.8. The number of piperidine rings is 1. The molecule has 1 heterocycles. The van der Waals surface area contributed by atoms with E-state index in [0.717, 1.165) is 24.6 Å². The van der Waals surface area contributed by atoms with E-state index in [1.54, 1.807) is 7.11 Å². The van der Waals surface area contributed by atoms with Crippen molar-refractivity contribution in [1.82, 2.24) is 4.90 Å². The lowest BCUT2D eigenvalue weighted by Crippen LogP contribution is -2.47. The minimum absolute atomic E-state index is 0.253. The zero-order valence-corrected chi connectivity index (χ0v) is 14.2. The molecule has 1 aliphatic heterocycles. The first kappa shape index (κ1) is 15.5. The topological polar surface area (TPSA) is 21.7 Å². The zero-order valence-electron chi connectivity index (χ0n) is 14.2. The van der Waals surface area contributed by atoms with Gasteiger partial charge in [-0.2, -0.15) is 0 Å². The molecule has 0 N–H and O–H groups in total. The molecule has 2 aromatic carbocycles. The van der Waals surface area contributed by atoms with E-state index in [1.807, 2.05) is 24.3 Å². The Balaban J connectivity index is 1.49. The molecule has 3 atom stereocenters. The van der Waals surface area contributed by atoms with Crippen LogP contribution in [-0.2, 0) is 6.54 Å². The number of methoxy groups -OCH3 is 1. The Kier molecular flexibility index (Phi) is 4.44. The number of ether oxygens (including phenoxy) is 2. The van der Waals surface area contributed by atoms with Gasteiger partial charge in [-0.05, 0) is 42.9 Å². The standard InChI is InChI=1S/C21H25NO2/c1-23-19-9-5-6-10-20(19)24-21-15-22(18-12-11-17(21)13-18)14-16-7-3-2-4-8-16/h2-10,17-18,21H,11-15H2,1H3/t17-,18+,21-/m0/s1. The number of fused-ring (bicyclic) bond motifs is 2. The molecule has 0 aromatic heterocycles. The molecule has 0 radical (unpaired) electrons. The lowest BCUT2D eigenvalue weighted by atomic mass is 9.95. The van der Waals surface area contributed by atoms with E-state index in [0.29, 0.717) is 12.0 Å². The molecule has 3 heteroatoms. The molecule has 0 amide bonds. The van der Waals surface area contributed by atoms with Gasteiger partial charge in [-0.1, -0.05) is 42.5 Å². The fourth-order valence-electron chi connectivity index (χ4n) is 4.21. The highest BCUT2D eigenvalue weighted by Gasteiger charge is 2.41. The number of rotatable bonds is 5. The van der Waals surface area contributed by atoms with Crippen LogP contribution in [0.2, 0.25) is 0 Å². The van der Waals surface area contributed by atoms with Crippen molar-refractivity contribution in [2.45, 2.75) is 38.0 Å².